The highest BCUT2D eigenvalue weighted by molar-refractivity contribution is 6.17. The molecule has 0 saturated carbocycles. The zero-order valence-corrected chi connectivity index (χ0v) is 16.8. The maximum absolute atomic E-state index is 11.6. The maximum Gasteiger partial charge on any atom is 0.305 e. The topological polar surface area (TPSA) is 52.6 Å². The van der Waals surface area contributed by atoms with Crippen LogP contribution in [-0.4, -0.2) is 31.0 Å². The highest BCUT2D eigenvalue weighted by atomic mass is 35.5. The van der Waals surface area contributed by atoms with E-state index in [2.05, 4.69) is 6.92 Å². The van der Waals surface area contributed by atoms with E-state index in [1.165, 1.54) is 32.1 Å². The van der Waals surface area contributed by atoms with Gasteiger partial charge < -0.3 is 9.47 Å². The smallest absolute Gasteiger partial charge is 0.305 e. The van der Waals surface area contributed by atoms with Crippen LogP contribution in [0.4, 0.5) is 0 Å². The third-order valence-corrected chi connectivity index (χ3v) is 4.33. The van der Waals surface area contributed by atoms with Crippen LogP contribution in [0.1, 0.15) is 96.8 Å². The summed E-state index contributed by atoms with van der Waals surface area (Å²) < 4.78 is 10.4. The van der Waals surface area contributed by atoms with E-state index < -0.39 is 0 Å². The molecule has 0 unspecified atom stereocenters. The Balaban J connectivity index is 3.30. The number of hydrogen-bond donors (Lipinski definition) is 0. The average Bonchev–Trinajstić information content (AvgIpc) is 2.61. The lowest BCUT2D eigenvalue weighted by molar-refractivity contribution is -0.146. The Bertz CT molecular complexity index is 321. The van der Waals surface area contributed by atoms with Gasteiger partial charge in [0.2, 0.25) is 0 Å². The number of unbranched alkanes of at least 4 members (excludes halogenated alkanes) is 9. The number of alkyl halides is 1. The Hall–Kier alpha value is -0.770. The van der Waals surface area contributed by atoms with E-state index in [1.54, 1.807) is 0 Å². The van der Waals surface area contributed by atoms with E-state index in [9.17, 15) is 9.59 Å². The third kappa shape index (κ3) is 19.4. The lowest BCUT2D eigenvalue weighted by Gasteiger charge is -2.06. The first-order chi connectivity index (χ1) is 12.2. The van der Waals surface area contributed by atoms with Crippen molar-refractivity contribution in [2.75, 3.05) is 19.1 Å². The van der Waals surface area contributed by atoms with Crippen molar-refractivity contribution in [3.63, 3.8) is 0 Å². The molecule has 0 rings (SSSR count). The summed E-state index contributed by atoms with van der Waals surface area (Å²) in [6.07, 6.45) is 13.2. The van der Waals surface area contributed by atoms with Crippen molar-refractivity contribution >= 4 is 23.5 Å². The van der Waals surface area contributed by atoms with Gasteiger partial charge in [0, 0.05) is 18.7 Å². The van der Waals surface area contributed by atoms with Gasteiger partial charge in [-0.1, -0.05) is 51.9 Å². The summed E-state index contributed by atoms with van der Waals surface area (Å²) in [6.45, 7) is 3.18. The van der Waals surface area contributed by atoms with Gasteiger partial charge in [0.1, 0.15) is 0 Å². The highest BCUT2D eigenvalue weighted by Gasteiger charge is 2.06. The molecule has 0 N–H and O–H groups in total. The molecule has 5 heteroatoms. The molecule has 0 fully saturated rings. The Morgan fingerprint density at radius 2 is 1.08 bits per heavy atom. The van der Waals surface area contributed by atoms with Crippen molar-refractivity contribution in [3.8, 4) is 0 Å². The normalized spacial score (nSPS) is 10.6. The molecule has 0 aliphatic rings. The molecule has 0 aromatic heterocycles. The van der Waals surface area contributed by atoms with Gasteiger partial charge in [-0.25, -0.2) is 0 Å². The van der Waals surface area contributed by atoms with E-state index in [1.807, 2.05) is 0 Å². The van der Waals surface area contributed by atoms with Gasteiger partial charge in [-0.2, -0.15) is 0 Å². The molecule has 25 heavy (non-hydrogen) atoms. The Morgan fingerprint density at radius 1 is 0.640 bits per heavy atom. The van der Waals surface area contributed by atoms with Crippen LogP contribution in [0.2, 0.25) is 0 Å². The van der Waals surface area contributed by atoms with E-state index in [0.717, 1.165) is 38.0 Å². The van der Waals surface area contributed by atoms with Crippen LogP contribution in [0.25, 0.3) is 0 Å². The fraction of sp³-hybridized carbons (Fsp3) is 0.900. The number of rotatable bonds is 18. The van der Waals surface area contributed by atoms with E-state index >= 15 is 0 Å². The van der Waals surface area contributed by atoms with Crippen molar-refractivity contribution in [3.05, 3.63) is 0 Å². The summed E-state index contributed by atoms with van der Waals surface area (Å²) >= 11 is 5.62. The molecule has 0 amide bonds. The second kappa shape index (κ2) is 19.6. The van der Waals surface area contributed by atoms with Crippen molar-refractivity contribution < 1.29 is 19.1 Å². The summed E-state index contributed by atoms with van der Waals surface area (Å²) in [7, 11) is 0. The zero-order chi connectivity index (χ0) is 18.6. The van der Waals surface area contributed by atoms with Gasteiger partial charge >= 0.3 is 11.9 Å². The molecule has 0 atom stereocenters. The number of carbonyl (C=O) groups excluding carboxylic acids is 2. The molecule has 0 bridgehead atoms. The summed E-state index contributed by atoms with van der Waals surface area (Å²) in [4.78, 5) is 23.1. The highest BCUT2D eigenvalue weighted by Crippen LogP contribution is 2.08. The molecule has 0 aliphatic carbocycles. The molecule has 0 aliphatic heterocycles. The third-order valence-electron chi connectivity index (χ3n) is 4.06. The molecule has 148 valence electrons. The predicted molar refractivity (Wildman–Crippen MR) is 103 cm³/mol. The fourth-order valence-corrected chi connectivity index (χ4v) is 2.68. The first-order valence-corrected chi connectivity index (χ1v) is 10.6. The van der Waals surface area contributed by atoms with Crippen LogP contribution in [0.3, 0.4) is 0 Å². The molecule has 0 aromatic rings. The van der Waals surface area contributed by atoms with Crippen molar-refractivity contribution in [2.24, 2.45) is 0 Å². The lowest BCUT2D eigenvalue weighted by Crippen LogP contribution is -2.08. The second-order valence-electron chi connectivity index (χ2n) is 6.52. The number of halogens is 1. The number of carbonyl (C=O) groups is 2. The summed E-state index contributed by atoms with van der Waals surface area (Å²) in [5, 5.41) is 0. The largest absolute Gasteiger partial charge is 0.466 e. The van der Waals surface area contributed by atoms with Crippen LogP contribution in [-0.2, 0) is 19.1 Å². The van der Waals surface area contributed by atoms with E-state index in [-0.39, 0.29) is 11.9 Å². The molecule has 0 saturated heterocycles. The average molecular weight is 377 g/mol. The van der Waals surface area contributed by atoms with Crippen molar-refractivity contribution in [2.45, 2.75) is 96.8 Å². The maximum atomic E-state index is 11.6. The quantitative estimate of drug-likeness (QED) is 0.172. The standard InChI is InChI=1S/C20H37ClO4/c1-2-3-4-12-17-24-19(22)14-9-10-15-20(23)25-18-13-8-6-5-7-11-16-21/h2-18H2,1H3. The van der Waals surface area contributed by atoms with E-state index in [0.29, 0.717) is 38.9 Å². The van der Waals surface area contributed by atoms with Crippen LogP contribution >= 0.6 is 11.6 Å². The number of esters is 2. The number of hydrogen-bond acceptors (Lipinski definition) is 4. The molecule has 0 radical (unpaired) electrons. The Kier molecular flexibility index (Phi) is 19.0. The summed E-state index contributed by atoms with van der Waals surface area (Å²) in [6, 6.07) is 0. The first kappa shape index (κ1) is 24.2. The Morgan fingerprint density at radius 3 is 1.56 bits per heavy atom. The molecular weight excluding hydrogens is 340 g/mol. The van der Waals surface area contributed by atoms with Crippen LogP contribution < -0.4 is 0 Å². The summed E-state index contributed by atoms with van der Waals surface area (Å²) in [5.41, 5.74) is 0. The van der Waals surface area contributed by atoms with Crippen LogP contribution in [0.15, 0.2) is 0 Å². The van der Waals surface area contributed by atoms with Gasteiger partial charge in [-0.15, -0.1) is 11.6 Å². The molecule has 0 aromatic carbocycles. The fourth-order valence-electron chi connectivity index (χ4n) is 2.49. The molecular formula is C20H37ClO4. The number of ether oxygens (including phenoxy) is 2. The SMILES string of the molecule is CCCCCCOC(=O)CCCCC(=O)OCCCCCCCCCl. The lowest BCUT2D eigenvalue weighted by atomic mass is 10.1. The monoisotopic (exact) mass is 376 g/mol. The Labute approximate surface area is 159 Å². The minimum atomic E-state index is -0.157. The first-order valence-electron chi connectivity index (χ1n) is 10.1. The van der Waals surface area contributed by atoms with Crippen molar-refractivity contribution in [1.82, 2.24) is 0 Å². The second-order valence-corrected chi connectivity index (χ2v) is 6.90. The van der Waals surface area contributed by atoms with E-state index in [4.69, 9.17) is 21.1 Å². The minimum absolute atomic E-state index is 0.154. The van der Waals surface area contributed by atoms with Gasteiger partial charge in [0.15, 0.2) is 0 Å². The predicted octanol–water partition coefficient (Wildman–Crippen LogP) is 5.79. The van der Waals surface area contributed by atoms with Gasteiger partial charge in [0.05, 0.1) is 13.2 Å². The zero-order valence-electron chi connectivity index (χ0n) is 16.0. The minimum Gasteiger partial charge on any atom is -0.466 e. The molecule has 4 nitrogen and oxygen atoms in total. The summed E-state index contributed by atoms with van der Waals surface area (Å²) in [5.74, 6) is 0.433. The van der Waals surface area contributed by atoms with Crippen molar-refractivity contribution in [1.29, 1.82) is 0 Å². The van der Waals surface area contributed by atoms with Gasteiger partial charge in [-0.3, -0.25) is 9.59 Å². The van der Waals surface area contributed by atoms with Gasteiger partial charge in [0.25, 0.3) is 0 Å². The van der Waals surface area contributed by atoms with Gasteiger partial charge in [-0.05, 0) is 32.1 Å². The van der Waals surface area contributed by atoms with Crippen LogP contribution in [0.5, 0.6) is 0 Å². The molecule has 0 spiro atoms. The molecule has 0 heterocycles. The van der Waals surface area contributed by atoms with Crippen LogP contribution in [0, 0.1) is 0 Å².